The van der Waals surface area contributed by atoms with Crippen LogP contribution in [-0.4, -0.2) is 17.0 Å². The number of hydrogen-bond donors (Lipinski definition) is 1. The smallest absolute Gasteiger partial charge is 0.143 e. The molecule has 0 aliphatic heterocycles. The number of aryl methyl sites for hydroxylation is 1. The fourth-order valence-corrected chi connectivity index (χ4v) is 2.81. The van der Waals surface area contributed by atoms with Gasteiger partial charge in [-0.2, -0.15) is 0 Å². The van der Waals surface area contributed by atoms with Gasteiger partial charge in [0, 0.05) is 19.5 Å². The number of nitrogens with zero attached hydrogens (tertiary/aromatic N) is 2. The lowest BCUT2D eigenvalue weighted by Crippen LogP contribution is -2.08. The molecule has 1 heterocycles. The number of aromatic nitrogens is 2. The third-order valence-electron chi connectivity index (χ3n) is 3.05. The van der Waals surface area contributed by atoms with Crippen LogP contribution in [0.25, 0.3) is 0 Å². The molecule has 0 spiro atoms. The van der Waals surface area contributed by atoms with Crippen LogP contribution in [0.4, 0.5) is 14.6 Å². The third-order valence-corrected chi connectivity index (χ3v) is 4.19. The van der Waals surface area contributed by atoms with Gasteiger partial charge in [0.05, 0.1) is 9.26 Å². The Balaban J connectivity index is 2.37. The zero-order valence-corrected chi connectivity index (χ0v) is 14.0. The van der Waals surface area contributed by atoms with Gasteiger partial charge < -0.3 is 5.32 Å². The lowest BCUT2D eigenvalue weighted by molar-refractivity contribution is 0.573. The molecule has 1 aromatic carbocycles. The first kappa shape index (κ1) is 16.1. The Labute approximate surface area is 136 Å². The van der Waals surface area contributed by atoms with Crippen molar-refractivity contribution in [2.75, 3.05) is 12.4 Å². The Bertz CT molecular complexity index is 647. The van der Waals surface area contributed by atoms with Gasteiger partial charge in [0.1, 0.15) is 23.3 Å². The Morgan fingerprint density at radius 2 is 2.00 bits per heavy atom. The van der Waals surface area contributed by atoms with E-state index in [0.29, 0.717) is 11.4 Å². The fraction of sp³-hybridized carbons (Fsp3) is 0.333. The molecule has 1 aromatic heterocycles. The van der Waals surface area contributed by atoms with E-state index in [2.05, 4.69) is 44.8 Å². The summed E-state index contributed by atoms with van der Waals surface area (Å²) >= 11 is 2.21. The second-order valence-electron chi connectivity index (χ2n) is 4.66. The van der Waals surface area contributed by atoms with E-state index < -0.39 is 11.6 Å². The molecule has 0 saturated heterocycles. The largest absolute Gasteiger partial charge is 0.372 e. The molecule has 0 radical (unpaired) electrons. The van der Waals surface area contributed by atoms with E-state index in [1.807, 2.05) is 0 Å². The molecular weight excluding hydrogens is 387 g/mol. The summed E-state index contributed by atoms with van der Waals surface area (Å²) in [6.45, 7) is 2.08. The van der Waals surface area contributed by atoms with Crippen molar-refractivity contribution in [3.05, 3.63) is 50.5 Å². The molecule has 0 fully saturated rings. The molecule has 1 N–H and O–H groups in total. The number of halogens is 3. The van der Waals surface area contributed by atoms with Crippen molar-refractivity contribution in [3.63, 3.8) is 0 Å². The van der Waals surface area contributed by atoms with Gasteiger partial charge in [-0.1, -0.05) is 19.4 Å². The molecule has 6 heteroatoms. The molecular formula is C15H16F2IN3. The Morgan fingerprint density at radius 3 is 2.62 bits per heavy atom. The van der Waals surface area contributed by atoms with E-state index in [4.69, 9.17) is 0 Å². The summed E-state index contributed by atoms with van der Waals surface area (Å²) in [5.41, 5.74) is 1.34. The highest BCUT2D eigenvalue weighted by molar-refractivity contribution is 14.1. The second-order valence-corrected chi connectivity index (χ2v) is 5.74. The van der Waals surface area contributed by atoms with Crippen LogP contribution in [0.3, 0.4) is 0 Å². The highest BCUT2D eigenvalue weighted by atomic mass is 127. The summed E-state index contributed by atoms with van der Waals surface area (Å²) in [4.78, 5) is 8.91. The van der Waals surface area contributed by atoms with E-state index in [9.17, 15) is 8.78 Å². The van der Waals surface area contributed by atoms with Gasteiger partial charge in [-0.25, -0.2) is 18.7 Å². The number of anilines is 1. The van der Waals surface area contributed by atoms with E-state index in [1.54, 1.807) is 7.05 Å². The van der Waals surface area contributed by atoms with Gasteiger partial charge in [-0.15, -0.1) is 0 Å². The van der Waals surface area contributed by atoms with Gasteiger partial charge in [0.25, 0.3) is 0 Å². The summed E-state index contributed by atoms with van der Waals surface area (Å²) in [6.07, 6.45) is 2.06. The van der Waals surface area contributed by atoms with Crippen LogP contribution in [0.1, 0.15) is 30.4 Å². The van der Waals surface area contributed by atoms with Gasteiger partial charge in [0.2, 0.25) is 0 Å². The molecule has 0 aliphatic rings. The quantitative estimate of drug-likeness (QED) is 0.769. The predicted molar refractivity (Wildman–Crippen MR) is 87.5 cm³/mol. The minimum atomic E-state index is -0.581. The van der Waals surface area contributed by atoms with Crippen molar-refractivity contribution in [2.45, 2.75) is 26.2 Å². The Hall–Kier alpha value is -1.31. The van der Waals surface area contributed by atoms with E-state index in [-0.39, 0.29) is 6.42 Å². The SMILES string of the molecule is CCCc1nc(Cc2ccc(F)cc2F)nc(NC)c1I. The fourth-order valence-electron chi connectivity index (χ4n) is 2.03. The highest BCUT2D eigenvalue weighted by Gasteiger charge is 2.13. The average molecular weight is 403 g/mol. The number of nitrogens with one attached hydrogen (secondary N) is 1. The van der Waals surface area contributed by atoms with Gasteiger partial charge in [-0.3, -0.25) is 0 Å². The number of rotatable bonds is 5. The van der Waals surface area contributed by atoms with Crippen LogP contribution in [0, 0.1) is 15.2 Å². The molecule has 0 bridgehead atoms. The van der Waals surface area contributed by atoms with Crippen LogP contribution in [0.2, 0.25) is 0 Å². The molecule has 0 amide bonds. The van der Waals surface area contributed by atoms with Crippen molar-refractivity contribution in [3.8, 4) is 0 Å². The van der Waals surface area contributed by atoms with Crippen molar-refractivity contribution in [1.29, 1.82) is 0 Å². The predicted octanol–water partition coefficient (Wildman–Crippen LogP) is 3.94. The standard InChI is InChI=1S/C15H16F2IN3/c1-3-4-12-14(18)15(19-2)21-13(20-12)7-9-5-6-10(16)8-11(9)17/h5-6,8H,3-4,7H2,1-2H3,(H,19,20,21). The molecule has 0 saturated carbocycles. The van der Waals surface area contributed by atoms with E-state index in [0.717, 1.165) is 34.0 Å². The first-order chi connectivity index (χ1) is 10.0. The summed E-state index contributed by atoms with van der Waals surface area (Å²) < 4.78 is 27.7. The van der Waals surface area contributed by atoms with Crippen molar-refractivity contribution < 1.29 is 8.78 Å². The zero-order valence-electron chi connectivity index (χ0n) is 11.9. The molecule has 0 atom stereocenters. The molecule has 112 valence electrons. The number of benzene rings is 1. The molecule has 3 nitrogen and oxygen atoms in total. The average Bonchev–Trinajstić information content (AvgIpc) is 2.45. The Kier molecular flexibility index (Phi) is 5.44. The maximum Gasteiger partial charge on any atom is 0.143 e. The Morgan fingerprint density at radius 1 is 1.24 bits per heavy atom. The van der Waals surface area contributed by atoms with E-state index >= 15 is 0 Å². The highest BCUT2D eigenvalue weighted by Crippen LogP contribution is 2.21. The molecule has 2 aromatic rings. The van der Waals surface area contributed by atoms with Crippen molar-refractivity contribution >= 4 is 28.4 Å². The van der Waals surface area contributed by atoms with Crippen LogP contribution in [-0.2, 0) is 12.8 Å². The van der Waals surface area contributed by atoms with E-state index in [1.165, 1.54) is 12.1 Å². The summed E-state index contributed by atoms with van der Waals surface area (Å²) in [7, 11) is 1.79. The first-order valence-electron chi connectivity index (χ1n) is 6.72. The maximum absolute atomic E-state index is 13.7. The monoisotopic (exact) mass is 403 g/mol. The van der Waals surface area contributed by atoms with Crippen LogP contribution in [0.5, 0.6) is 0 Å². The van der Waals surface area contributed by atoms with Crippen LogP contribution >= 0.6 is 22.6 Å². The van der Waals surface area contributed by atoms with Crippen LogP contribution < -0.4 is 5.32 Å². The van der Waals surface area contributed by atoms with Gasteiger partial charge >= 0.3 is 0 Å². The summed E-state index contributed by atoms with van der Waals surface area (Å²) in [5, 5.41) is 3.03. The topological polar surface area (TPSA) is 37.8 Å². The normalized spacial score (nSPS) is 10.7. The summed E-state index contributed by atoms with van der Waals surface area (Å²) in [5.74, 6) is 0.128. The van der Waals surface area contributed by atoms with Crippen LogP contribution in [0.15, 0.2) is 18.2 Å². The van der Waals surface area contributed by atoms with Gasteiger partial charge in [0.15, 0.2) is 0 Å². The molecule has 0 aliphatic carbocycles. The third kappa shape index (κ3) is 3.87. The second kappa shape index (κ2) is 7.11. The maximum atomic E-state index is 13.7. The molecule has 21 heavy (non-hydrogen) atoms. The summed E-state index contributed by atoms with van der Waals surface area (Å²) in [6, 6.07) is 3.57. The lowest BCUT2D eigenvalue weighted by atomic mass is 10.1. The minimum Gasteiger partial charge on any atom is -0.372 e. The molecule has 2 rings (SSSR count). The van der Waals surface area contributed by atoms with Crippen molar-refractivity contribution in [1.82, 2.24) is 9.97 Å². The lowest BCUT2D eigenvalue weighted by Gasteiger charge is -2.11. The van der Waals surface area contributed by atoms with Gasteiger partial charge in [-0.05, 0) is 40.6 Å². The van der Waals surface area contributed by atoms with Crippen molar-refractivity contribution in [2.24, 2.45) is 0 Å². The number of hydrogen-bond acceptors (Lipinski definition) is 3. The zero-order chi connectivity index (χ0) is 15.4. The molecule has 0 unspecified atom stereocenters. The minimum absolute atomic E-state index is 0.244. The first-order valence-corrected chi connectivity index (χ1v) is 7.80.